The van der Waals surface area contributed by atoms with Crippen LogP contribution < -0.4 is 19.7 Å². The average Bonchev–Trinajstić information content (AvgIpc) is 2.73. The number of benzene rings is 2. The van der Waals surface area contributed by atoms with Crippen molar-refractivity contribution in [2.45, 2.75) is 6.92 Å². The van der Waals surface area contributed by atoms with Crippen LogP contribution in [0.25, 0.3) is 6.08 Å². The Labute approximate surface area is 217 Å². The van der Waals surface area contributed by atoms with E-state index in [9.17, 15) is 14.4 Å². The Balaban J connectivity index is 2.04. The number of carbonyl (C=O) groups excluding carboxylic acids is 2. The molecule has 0 spiro atoms. The topological polar surface area (TPSA) is 105 Å². The molecule has 1 heterocycles. The summed E-state index contributed by atoms with van der Waals surface area (Å²) in [4.78, 5) is 37.8. The SMILES string of the molecule is CCOc1cc(/C=C2\C(=O)NC(=S)N(c3cccc(Cl)c3Cl)C2=O)cc(I)c1OCC(=O)O. The largest absolute Gasteiger partial charge is 0.490 e. The lowest BCUT2D eigenvalue weighted by molar-refractivity contribution is -0.139. The molecule has 1 fully saturated rings. The van der Waals surface area contributed by atoms with Gasteiger partial charge in [-0.2, -0.15) is 0 Å². The van der Waals surface area contributed by atoms with Crippen LogP contribution in [0.15, 0.2) is 35.9 Å². The molecular formula is C21H15Cl2IN2O6S. The first-order valence-electron chi connectivity index (χ1n) is 9.30. The van der Waals surface area contributed by atoms with Crippen LogP contribution in [-0.4, -0.2) is 41.2 Å². The van der Waals surface area contributed by atoms with Crippen LogP contribution >= 0.6 is 58.0 Å². The first-order chi connectivity index (χ1) is 15.6. The number of hydrogen-bond acceptors (Lipinski definition) is 6. The van der Waals surface area contributed by atoms with Crippen LogP contribution in [0, 0.1) is 3.57 Å². The number of aliphatic carboxylic acids is 1. The molecule has 33 heavy (non-hydrogen) atoms. The monoisotopic (exact) mass is 620 g/mol. The third-order valence-electron chi connectivity index (χ3n) is 4.26. The molecule has 0 bridgehead atoms. The zero-order chi connectivity index (χ0) is 24.3. The fourth-order valence-corrected chi connectivity index (χ4v) is 4.35. The number of hydrogen-bond donors (Lipinski definition) is 2. The average molecular weight is 621 g/mol. The molecule has 0 unspecified atom stereocenters. The quantitative estimate of drug-likeness (QED) is 0.206. The fourth-order valence-electron chi connectivity index (χ4n) is 2.92. The maximum absolute atomic E-state index is 13.2. The molecule has 2 aromatic carbocycles. The van der Waals surface area contributed by atoms with Gasteiger partial charge in [-0.1, -0.05) is 29.3 Å². The molecule has 0 atom stereocenters. The van der Waals surface area contributed by atoms with Crippen LogP contribution in [-0.2, 0) is 14.4 Å². The van der Waals surface area contributed by atoms with Crippen LogP contribution in [0.2, 0.25) is 10.0 Å². The number of amides is 2. The Hall–Kier alpha value is -2.41. The van der Waals surface area contributed by atoms with Crippen LogP contribution in [0.4, 0.5) is 5.69 Å². The van der Waals surface area contributed by atoms with E-state index < -0.39 is 24.4 Å². The van der Waals surface area contributed by atoms with Gasteiger partial charge in [0, 0.05) is 0 Å². The number of carboxylic acids is 1. The molecule has 0 saturated carbocycles. The molecule has 2 amide bonds. The standard InChI is InChI=1S/C21H15Cl2IN2O6S/c1-2-31-15-8-10(7-13(24)18(15)32-9-16(27)28)6-11-19(29)25-21(33)26(20(11)30)14-5-3-4-12(22)17(14)23/h3-8H,2,9H2,1H3,(H,27,28)(H,25,29,33)/b11-6+. The first-order valence-corrected chi connectivity index (χ1v) is 11.5. The third kappa shape index (κ3) is 5.57. The van der Waals surface area contributed by atoms with Crippen LogP contribution in [0.3, 0.4) is 0 Å². The third-order valence-corrected chi connectivity index (χ3v) is 6.15. The number of carboxylic acid groups (broad SMARTS) is 1. The Morgan fingerprint density at radius 1 is 1.27 bits per heavy atom. The van der Waals surface area contributed by atoms with Gasteiger partial charge >= 0.3 is 5.97 Å². The molecule has 2 aromatic rings. The number of nitrogens with one attached hydrogen (secondary N) is 1. The molecule has 2 N–H and O–H groups in total. The molecule has 0 radical (unpaired) electrons. The van der Waals surface area contributed by atoms with Crippen LogP contribution in [0.1, 0.15) is 12.5 Å². The van der Waals surface area contributed by atoms with E-state index in [1.165, 1.54) is 6.08 Å². The summed E-state index contributed by atoms with van der Waals surface area (Å²) in [5.41, 5.74) is 0.484. The van der Waals surface area contributed by atoms with Gasteiger partial charge in [0.05, 0.1) is 25.9 Å². The minimum absolute atomic E-state index is 0.110. The Morgan fingerprint density at radius 3 is 2.67 bits per heavy atom. The van der Waals surface area contributed by atoms with Gasteiger partial charge in [-0.25, -0.2) is 4.79 Å². The highest BCUT2D eigenvalue weighted by molar-refractivity contribution is 14.1. The number of halogens is 3. The summed E-state index contributed by atoms with van der Waals surface area (Å²) < 4.78 is 11.4. The van der Waals surface area contributed by atoms with E-state index in [0.29, 0.717) is 9.13 Å². The highest BCUT2D eigenvalue weighted by Gasteiger charge is 2.35. The molecule has 0 aliphatic carbocycles. The molecule has 8 nitrogen and oxygen atoms in total. The maximum atomic E-state index is 13.2. The van der Waals surface area contributed by atoms with Gasteiger partial charge in [0.1, 0.15) is 5.57 Å². The number of carbonyl (C=O) groups is 3. The molecule has 1 aliphatic heterocycles. The van der Waals surface area contributed by atoms with E-state index in [-0.39, 0.29) is 44.5 Å². The Kier molecular flexibility index (Phi) is 8.16. The minimum Gasteiger partial charge on any atom is -0.490 e. The van der Waals surface area contributed by atoms with Gasteiger partial charge in [0.2, 0.25) is 0 Å². The van der Waals surface area contributed by atoms with E-state index in [4.69, 9.17) is 50.0 Å². The molecule has 172 valence electrons. The van der Waals surface area contributed by atoms with Gasteiger partial charge in [-0.3, -0.25) is 19.8 Å². The zero-order valence-electron chi connectivity index (χ0n) is 16.9. The lowest BCUT2D eigenvalue weighted by Gasteiger charge is -2.29. The predicted molar refractivity (Wildman–Crippen MR) is 136 cm³/mol. The van der Waals surface area contributed by atoms with Gasteiger partial charge in [-0.05, 0) is 77.6 Å². The van der Waals surface area contributed by atoms with Crippen molar-refractivity contribution in [1.29, 1.82) is 0 Å². The van der Waals surface area contributed by atoms with E-state index in [2.05, 4.69) is 5.32 Å². The van der Waals surface area contributed by atoms with Crippen molar-refractivity contribution in [2.75, 3.05) is 18.1 Å². The van der Waals surface area contributed by atoms with Crippen molar-refractivity contribution in [3.8, 4) is 11.5 Å². The second-order valence-electron chi connectivity index (χ2n) is 6.48. The number of ether oxygens (including phenoxy) is 2. The zero-order valence-corrected chi connectivity index (χ0v) is 21.3. The normalized spacial score (nSPS) is 15.0. The van der Waals surface area contributed by atoms with Gasteiger partial charge in [0.25, 0.3) is 11.8 Å². The maximum Gasteiger partial charge on any atom is 0.341 e. The van der Waals surface area contributed by atoms with E-state index >= 15 is 0 Å². The highest BCUT2D eigenvalue weighted by atomic mass is 127. The summed E-state index contributed by atoms with van der Waals surface area (Å²) in [7, 11) is 0. The van der Waals surface area contributed by atoms with Crippen molar-refractivity contribution in [2.24, 2.45) is 0 Å². The van der Waals surface area contributed by atoms with E-state index in [1.54, 1.807) is 37.3 Å². The van der Waals surface area contributed by atoms with Crippen molar-refractivity contribution < 1.29 is 29.0 Å². The fraction of sp³-hybridized carbons (Fsp3) is 0.143. The van der Waals surface area contributed by atoms with E-state index in [0.717, 1.165) is 4.90 Å². The summed E-state index contributed by atoms with van der Waals surface area (Å²) >= 11 is 19.5. The summed E-state index contributed by atoms with van der Waals surface area (Å²) in [6.45, 7) is 1.49. The lowest BCUT2D eigenvalue weighted by atomic mass is 10.1. The minimum atomic E-state index is -1.14. The molecule has 0 aromatic heterocycles. The van der Waals surface area contributed by atoms with E-state index in [1.807, 2.05) is 22.6 Å². The second-order valence-corrected chi connectivity index (χ2v) is 8.81. The molecular weight excluding hydrogens is 606 g/mol. The predicted octanol–water partition coefficient (Wildman–Crippen LogP) is 4.29. The molecule has 1 saturated heterocycles. The smallest absolute Gasteiger partial charge is 0.341 e. The van der Waals surface area contributed by atoms with Crippen molar-refractivity contribution >= 4 is 92.7 Å². The van der Waals surface area contributed by atoms with Gasteiger partial charge < -0.3 is 14.6 Å². The summed E-state index contributed by atoms with van der Waals surface area (Å²) in [5.74, 6) is -1.99. The van der Waals surface area contributed by atoms with Crippen molar-refractivity contribution in [3.63, 3.8) is 0 Å². The summed E-state index contributed by atoms with van der Waals surface area (Å²) in [6.07, 6.45) is 1.37. The highest BCUT2D eigenvalue weighted by Crippen LogP contribution is 2.37. The van der Waals surface area contributed by atoms with Gasteiger partial charge in [0.15, 0.2) is 23.2 Å². The van der Waals surface area contributed by atoms with Crippen LogP contribution in [0.5, 0.6) is 11.5 Å². The first kappa shape index (κ1) is 25.2. The molecule has 12 heteroatoms. The summed E-state index contributed by atoms with van der Waals surface area (Å²) in [5, 5.41) is 11.6. The van der Waals surface area contributed by atoms with Crippen molar-refractivity contribution in [1.82, 2.24) is 5.32 Å². The molecule has 3 rings (SSSR count). The van der Waals surface area contributed by atoms with Gasteiger partial charge in [-0.15, -0.1) is 0 Å². The number of anilines is 1. The number of rotatable bonds is 7. The summed E-state index contributed by atoms with van der Waals surface area (Å²) in [6, 6.07) is 7.88. The number of nitrogens with zero attached hydrogens (tertiary/aromatic N) is 1. The Morgan fingerprint density at radius 2 is 2.00 bits per heavy atom. The molecule has 1 aliphatic rings. The Bertz CT molecular complexity index is 1200. The number of thiocarbonyl (C=S) groups is 1. The van der Waals surface area contributed by atoms with Crippen molar-refractivity contribution in [3.05, 3.63) is 55.1 Å². The second kappa shape index (κ2) is 10.7. The lowest BCUT2D eigenvalue weighted by Crippen LogP contribution is -2.54.